The first-order valence-electron chi connectivity index (χ1n) is 17.8. The molecule has 0 atom stereocenters. The lowest BCUT2D eigenvalue weighted by atomic mass is 10.1. The summed E-state index contributed by atoms with van der Waals surface area (Å²) in [7, 11) is 3.10. The molecule has 0 unspecified atom stereocenters. The quantitative estimate of drug-likeness (QED) is 0.106. The van der Waals surface area contributed by atoms with E-state index in [-0.39, 0.29) is 11.2 Å². The van der Waals surface area contributed by atoms with Gasteiger partial charge in [-0.1, -0.05) is 26.7 Å². The number of rotatable bonds is 13. The maximum Gasteiger partial charge on any atom is 0.345 e. The minimum Gasteiger partial charge on any atom is -0.496 e. The molecule has 12 heteroatoms. The lowest BCUT2D eigenvalue weighted by molar-refractivity contribution is 0.396. The monoisotopic (exact) mass is 775 g/mol. The number of nitrogens with zero attached hydrogens (tertiary/aromatic N) is 3. The van der Waals surface area contributed by atoms with E-state index >= 15 is 0 Å². The maximum absolute atomic E-state index is 13.3. The van der Waals surface area contributed by atoms with E-state index in [0.717, 1.165) is 78.8 Å². The second-order valence-electron chi connectivity index (χ2n) is 13.0. The molecule has 0 N–H and O–H groups in total. The highest BCUT2D eigenvalue weighted by atomic mass is 32.1. The van der Waals surface area contributed by atoms with Crippen molar-refractivity contribution in [2.75, 3.05) is 32.2 Å². The number of unbranched alkanes of at least 4 members (excludes halogenated alkanes) is 2. The summed E-state index contributed by atoms with van der Waals surface area (Å²) in [4.78, 5) is 42.0. The van der Waals surface area contributed by atoms with Gasteiger partial charge in [-0.25, -0.2) is 14.6 Å². The van der Waals surface area contributed by atoms with Crippen LogP contribution in [0, 0.1) is 0 Å². The summed E-state index contributed by atoms with van der Waals surface area (Å²) in [5.74, 6) is 1.04. The Kier molecular flexibility index (Phi) is 10.1. The third kappa shape index (κ3) is 6.92. The Hall–Kier alpha value is -5.30. The van der Waals surface area contributed by atoms with Crippen molar-refractivity contribution in [2.24, 2.45) is 0 Å². The number of fused-ring (bicyclic) bond motifs is 3. The van der Waals surface area contributed by atoms with Crippen LogP contribution in [0.25, 0.3) is 73.4 Å². The van der Waals surface area contributed by atoms with Crippen molar-refractivity contribution in [3.63, 3.8) is 0 Å². The zero-order valence-electron chi connectivity index (χ0n) is 30.3. The SMILES string of the molecule is CCCCN(CCCC)c1ccc2cc(-c3ccc(-c4cc5sc(-c6cncc(-c7cc8c(OC)cc(OC)cc8oc7=O)n6)cc5s4)s3)c(=O)oc2c1. The largest absolute Gasteiger partial charge is 0.496 e. The molecule has 2 aromatic carbocycles. The standard InChI is InChI=1S/C42H37N3O6S3/c1-5-7-13-45(14-8-6-2)25-10-9-24-15-29(42(47)50-32(24)16-25)35-11-12-36(52-35)38-21-40-39(54-38)20-37(53-40)31-23-43-22-30(44-31)27-19-28-33(49-4)17-26(48-3)18-34(28)51-41(27)46/h9-12,15-23H,5-8,13-14H2,1-4H3. The Morgan fingerprint density at radius 2 is 1.37 bits per heavy atom. The van der Waals surface area contributed by atoms with E-state index in [1.807, 2.05) is 18.2 Å². The summed E-state index contributed by atoms with van der Waals surface area (Å²) in [6.45, 7) is 6.39. The molecular weight excluding hydrogens is 739 g/mol. The number of aromatic nitrogens is 2. The Morgan fingerprint density at radius 3 is 2.13 bits per heavy atom. The molecule has 0 bridgehead atoms. The van der Waals surface area contributed by atoms with Gasteiger partial charge in [-0.2, -0.15) is 0 Å². The van der Waals surface area contributed by atoms with Gasteiger partial charge in [0.2, 0.25) is 0 Å². The van der Waals surface area contributed by atoms with Crippen molar-refractivity contribution in [1.82, 2.24) is 9.97 Å². The molecule has 8 rings (SSSR count). The van der Waals surface area contributed by atoms with Gasteiger partial charge in [0, 0.05) is 66.4 Å². The molecule has 9 nitrogen and oxygen atoms in total. The third-order valence-corrected chi connectivity index (χ3v) is 13.0. The molecule has 0 saturated carbocycles. The average Bonchev–Trinajstić information content (AvgIpc) is 3.93. The van der Waals surface area contributed by atoms with E-state index in [1.54, 1.807) is 78.8 Å². The molecule has 0 fully saturated rings. The minimum absolute atomic E-state index is 0.288. The fourth-order valence-corrected chi connectivity index (χ4v) is 9.92. The Morgan fingerprint density at radius 1 is 0.667 bits per heavy atom. The molecule has 6 aromatic heterocycles. The summed E-state index contributed by atoms with van der Waals surface area (Å²) >= 11 is 4.88. The third-order valence-electron chi connectivity index (χ3n) is 9.38. The minimum atomic E-state index is -0.529. The lowest BCUT2D eigenvalue weighted by Gasteiger charge is -2.24. The predicted molar refractivity (Wildman–Crippen MR) is 222 cm³/mol. The van der Waals surface area contributed by atoms with Gasteiger partial charge in [-0.05, 0) is 61.4 Å². The highest BCUT2D eigenvalue weighted by Crippen LogP contribution is 2.44. The van der Waals surface area contributed by atoms with E-state index in [2.05, 4.69) is 54.1 Å². The number of hydrogen-bond donors (Lipinski definition) is 0. The molecule has 0 aliphatic heterocycles. The summed E-state index contributed by atoms with van der Waals surface area (Å²) in [6, 6.07) is 21.6. The van der Waals surface area contributed by atoms with Crippen LogP contribution in [-0.2, 0) is 0 Å². The zero-order chi connectivity index (χ0) is 37.3. The van der Waals surface area contributed by atoms with Gasteiger partial charge >= 0.3 is 11.3 Å². The molecular formula is C42H37N3O6S3. The topological polar surface area (TPSA) is 108 Å². The predicted octanol–water partition coefficient (Wildman–Crippen LogP) is 11.1. The highest BCUT2D eigenvalue weighted by molar-refractivity contribution is 7.32. The number of anilines is 1. The Bertz CT molecular complexity index is 2720. The molecule has 0 aliphatic rings. The van der Waals surface area contributed by atoms with E-state index in [4.69, 9.17) is 23.3 Å². The van der Waals surface area contributed by atoms with E-state index in [0.29, 0.717) is 45.0 Å². The molecule has 8 aromatic rings. The van der Waals surface area contributed by atoms with Crippen LogP contribution < -0.4 is 25.6 Å². The fourth-order valence-electron chi connectivity index (χ4n) is 6.48. The van der Waals surface area contributed by atoms with Crippen molar-refractivity contribution in [3.8, 4) is 53.5 Å². The Labute approximate surface area is 323 Å². The molecule has 0 spiro atoms. The number of thiophene rings is 3. The van der Waals surface area contributed by atoms with Crippen LogP contribution in [0.5, 0.6) is 11.5 Å². The van der Waals surface area contributed by atoms with Gasteiger partial charge in [-0.3, -0.25) is 4.98 Å². The van der Waals surface area contributed by atoms with Crippen molar-refractivity contribution >= 4 is 71.0 Å². The normalized spacial score (nSPS) is 11.6. The molecule has 0 aliphatic carbocycles. The van der Waals surface area contributed by atoms with Crippen LogP contribution >= 0.6 is 34.0 Å². The summed E-state index contributed by atoms with van der Waals surface area (Å²) in [5, 5.41) is 1.54. The number of ether oxygens (including phenoxy) is 2. The van der Waals surface area contributed by atoms with Crippen molar-refractivity contribution < 1.29 is 18.3 Å². The van der Waals surface area contributed by atoms with Crippen molar-refractivity contribution in [1.29, 1.82) is 0 Å². The van der Waals surface area contributed by atoms with E-state index in [1.165, 1.54) is 0 Å². The van der Waals surface area contributed by atoms with Gasteiger partial charge < -0.3 is 23.2 Å². The Balaban J connectivity index is 1.04. The van der Waals surface area contributed by atoms with Crippen LogP contribution in [0.15, 0.2) is 97.5 Å². The molecule has 274 valence electrons. The van der Waals surface area contributed by atoms with Crippen molar-refractivity contribution in [2.45, 2.75) is 39.5 Å². The smallest absolute Gasteiger partial charge is 0.345 e. The van der Waals surface area contributed by atoms with E-state index in [9.17, 15) is 9.59 Å². The van der Waals surface area contributed by atoms with Crippen LogP contribution in [-0.4, -0.2) is 37.3 Å². The molecule has 54 heavy (non-hydrogen) atoms. The number of hydrogen-bond acceptors (Lipinski definition) is 12. The van der Waals surface area contributed by atoms with E-state index < -0.39 is 5.63 Å². The molecule has 0 amide bonds. The summed E-state index contributed by atoms with van der Waals surface area (Å²) in [5.41, 5.74) is 3.13. The van der Waals surface area contributed by atoms with Crippen LogP contribution in [0.3, 0.4) is 0 Å². The molecule has 0 radical (unpaired) electrons. The van der Waals surface area contributed by atoms with Gasteiger partial charge in [-0.15, -0.1) is 34.0 Å². The van der Waals surface area contributed by atoms with Crippen LogP contribution in [0.4, 0.5) is 5.69 Å². The lowest BCUT2D eigenvalue weighted by Crippen LogP contribution is -2.25. The molecule has 6 heterocycles. The average molecular weight is 776 g/mol. The zero-order valence-corrected chi connectivity index (χ0v) is 32.7. The van der Waals surface area contributed by atoms with Gasteiger partial charge in [0.25, 0.3) is 0 Å². The first kappa shape index (κ1) is 35.7. The van der Waals surface area contributed by atoms with Gasteiger partial charge in [0.05, 0.1) is 59.4 Å². The second-order valence-corrected chi connectivity index (χ2v) is 16.2. The van der Waals surface area contributed by atoms with Gasteiger partial charge in [0.1, 0.15) is 22.7 Å². The summed E-state index contributed by atoms with van der Waals surface area (Å²) < 4.78 is 24.7. The number of benzene rings is 2. The highest BCUT2D eigenvalue weighted by Gasteiger charge is 2.18. The van der Waals surface area contributed by atoms with Crippen molar-refractivity contribution in [3.05, 3.63) is 100.0 Å². The van der Waals surface area contributed by atoms with Crippen LogP contribution in [0.1, 0.15) is 39.5 Å². The second kappa shape index (κ2) is 15.2. The van der Waals surface area contributed by atoms with Gasteiger partial charge in [0.15, 0.2) is 0 Å². The first-order chi connectivity index (χ1) is 26.3. The maximum atomic E-state index is 13.3. The van der Waals surface area contributed by atoms with Crippen LogP contribution in [0.2, 0.25) is 0 Å². The summed E-state index contributed by atoms with van der Waals surface area (Å²) in [6.07, 6.45) is 7.78. The fraction of sp³-hybridized carbons (Fsp3) is 0.238. The molecule has 0 saturated heterocycles. The number of methoxy groups -OCH3 is 2. The first-order valence-corrected chi connectivity index (χ1v) is 20.3.